The minimum atomic E-state index is -4.90. The largest absolute Gasteiger partial charge is 0.406 e. The zero-order valence-corrected chi connectivity index (χ0v) is 41.8. The zero-order chi connectivity index (χ0) is 56.6. The lowest BCUT2D eigenvalue weighted by atomic mass is 10.0. The number of pyridine rings is 4. The van der Waals surface area contributed by atoms with Gasteiger partial charge in [-0.2, -0.15) is 26.3 Å². The van der Waals surface area contributed by atoms with Crippen molar-refractivity contribution < 1.29 is 69.5 Å². The minimum absolute atomic E-state index is 0.0239. The molecule has 0 spiro atoms. The topological polar surface area (TPSA) is 214 Å². The van der Waals surface area contributed by atoms with E-state index in [1.807, 2.05) is 9.44 Å². The van der Waals surface area contributed by atoms with Crippen LogP contribution in [0.5, 0.6) is 0 Å². The first-order valence-corrected chi connectivity index (χ1v) is 26.2. The molecular formula is C47H27F12N9O6S4. The molecule has 0 saturated heterocycles. The molecule has 31 heteroatoms. The normalized spacial score (nSPS) is 12.4. The molecule has 0 saturated carbocycles. The van der Waals surface area contributed by atoms with Crippen molar-refractivity contribution in [2.45, 2.75) is 42.2 Å². The first-order chi connectivity index (χ1) is 36.5. The summed E-state index contributed by atoms with van der Waals surface area (Å²) in [4.78, 5) is 40.0. The lowest BCUT2D eigenvalue weighted by molar-refractivity contribution is -0.141. The van der Waals surface area contributed by atoms with Crippen molar-refractivity contribution in [3.8, 4) is 22.3 Å². The number of nitrogen functional groups attached to an aromatic ring is 1. The number of hydrogen-bond donors (Lipinski definition) is 3. The average molecular weight is 1170 g/mol. The maximum Gasteiger partial charge on any atom is 0.406 e. The fourth-order valence-corrected chi connectivity index (χ4v) is 11.9. The van der Waals surface area contributed by atoms with Gasteiger partial charge in [-0.05, 0) is 73.7 Å². The van der Waals surface area contributed by atoms with E-state index in [1.54, 1.807) is 0 Å². The van der Waals surface area contributed by atoms with Gasteiger partial charge in [0.2, 0.25) is 0 Å². The number of sulfonamides is 2. The van der Waals surface area contributed by atoms with Gasteiger partial charge in [0.05, 0.1) is 76.1 Å². The number of thiazole rings is 2. The summed E-state index contributed by atoms with van der Waals surface area (Å²) in [6.07, 6.45) is -7.60. The Bertz CT molecular complexity index is 4190. The SMILES string of the molecule is Cc1cc2c(cn1)cc(-c1c(F)ccc(NS(=O)(=O)c3ccc4ncsc4c3F)c1F)c(=O)n2CC(F)(F)F.Nc1cc2c(cn1)cc(-c1c(F)ccc(NS(=O)(=O)c3ccc4ncsc4c3F)c1F)c(=O)n2CC(F)(F)F. The molecule has 0 fully saturated rings. The number of nitrogens with zero attached hydrogens (tertiary/aromatic N) is 6. The molecule has 0 aliphatic heterocycles. The van der Waals surface area contributed by atoms with Crippen molar-refractivity contribution in [3.05, 3.63) is 158 Å². The molecule has 0 bridgehead atoms. The van der Waals surface area contributed by atoms with Crippen LogP contribution in [0, 0.1) is 41.8 Å². The van der Waals surface area contributed by atoms with Crippen LogP contribution in [0.4, 0.5) is 69.9 Å². The van der Waals surface area contributed by atoms with Crippen molar-refractivity contribution in [2.75, 3.05) is 15.2 Å². The van der Waals surface area contributed by atoms with Gasteiger partial charge in [-0.1, -0.05) is 0 Å². The Kier molecular flexibility index (Phi) is 14.0. The van der Waals surface area contributed by atoms with E-state index in [0.717, 1.165) is 65.4 Å². The fraction of sp³-hybridized carbons (Fsp3) is 0.106. The van der Waals surface area contributed by atoms with Crippen LogP contribution in [0.2, 0.25) is 0 Å². The van der Waals surface area contributed by atoms with E-state index in [2.05, 4.69) is 19.9 Å². The third-order valence-electron chi connectivity index (χ3n) is 11.4. The molecule has 15 nitrogen and oxygen atoms in total. The van der Waals surface area contributed by atoms with Crippen LogP contribution in [0.25, 0.3) is 64.5 Å². The molecule has 10 rings (SSSR count). The number of halogens is 12. The molecule has 0 unspecified atom stereocenters. The monoisotopic (exact) mass is 1170 g/mol. The summed E-state index contributed by atoms with van der Waals surface area (Å²) in [5, 5.41) is -0.128. The van der Waals surface area contributed by atoms with Gasteiger partial charge in [-0.3, -0.25) is 33.2 Å². The number of aromatic nitrogens is 6. The highest BCUT2D eigenvalue weighted by atomic mass is 32.2. The number of aryl methyl sites for hydroxylation is 1. The van der Waals surface area contributed by atoms with E-state index >= 15 is 8.78 Å². The lowest BCUT2D eigenvalue weighted by Gasteiger charge is -2.17. The van der Waals surface area contributed by atoms with Gasteiger partial charge in [0.15, 0.2) is 23.3 Å². The van der Waals surface area contributed by atoms with Crippen LogP contribution in [-0.4, -0.2) is 58.3 Å². The highest BCUT2D eigenvalue weighted by Gasteiger charge is 2.34. The van der Waals surface area contributed by atoms with Crippen molar-refractivity contribution in [1.29, 1.82) is 0 Å². The summed E-state index contributed by atoms with van der Waals surface area (Å²) in [6, 6.07) is 11.0. The van der Waals surface area contributed by atoms with Gasteiger partial charge in [-0.15, -0.1) is 22.7 Å². The van der Waals surface area contributed by atoms with Crippen LogP contribution in [0.1, 0.15) is 5.69 Å². The second-order valence-corrected chi connectivity index (χ2v) is 21.6. The van der Waals surface area contributed by atoms with E-state index < -0.39 is 135 Å². The van der Waals surface area contributed by atoms with Crippen LogP contribution in [-0.2, 0) is 33.1 Å². The summed E-state index contributed by atoms with van der Waals surface area (Å²) in [5.41, 5.74) is 0.00386. The summed E-state index contributed by atoms with van der Waals surface area (Å²) in [7, 11) is -9.57. The minimum Gasteiger partial charge on any atom is -0.384 e. The predicted molar refractivity (Wildman–Crippen MR) is 265 cm³/mol. The Labute approximate surface area is 436 Å². The number of fused-ring (bicyclic) bond motifs is 4. The first-order valence-electron chi connectivity index (χ1n) is 21.5. The molecular weight excluding hydrogens is 1140 g/mol. The fourth-order valence-electron chi connectivity index (χ4n) is 8.02. The third kappa shape index (κ3) is 10.5. The molecule has 0 aliphatic carbocycles. The molecule has 4 aromatic carbocycles. The molecule has 78 heavy (non-hydrogen) atoms. The van der Waals surface area contributed by atoms with Crippen LogP contribution in [0.3, 0.4) is 0 Å². The van der Waals surface area contributed by atoms with Crippen LogP contribution in [0.15, 0.2) is 116 Å². The Balaban J connectivity index is 0.000000190. The summed E-state index contributed by atoms with van der Waals surface area (Å²) >= 11 is 1.67. The molecule has 6 heterocycles. The molecule has 0 atom stereocenters. The highest BCUT2D eigenvalue weighted by molar-refractivity contribution is 7.93. The van der Waals surface area contributed by atoms with Gasteiger partial charge in [0.1, 0.15) is 40.3 Å². The van der Waals surface area contributed by atoms with E-state index in [0.29, 0.717) is 34.5 Å². The number of nitrogens with two attached hydrogens (primary N) is 1. The van der Waals surface area contributed by atoms with Gasteiger partial charge in [0, 0.05) is 34.9 Å². The Morgan fingerprint density at radius 2 is 0.962 bits per heavy atom. The van der Waals surface area contributed by atoms with E-state index in [1.165, 1.54) is 36.1 Å². The maximum absolute atomic E-state index is 15.6. The zero-order valence-electron chi connectivity index (χ0n) is 38.5. The van der Waals surface area contributed by atoms with Gasteiger partial charge in [0.25, 0.3) is 31.2 Å². The van der Waals surface area contributed by atoms with Crippen LogP contribution < -0.4 is 26.3 Å². The van der Waals surface area contributed by atoms with Crippen molar-refractivity contribution in [1.82, 2.24) is 29.1 Å². The number of rotatable bonds is 10. The summed E-state index contributed by atoms with van der Waals surface area (Å²) in [6.45, 7) is -2.08. The van der Waals surface area contributed by atoms with Crippen molar-refractivity contribution in [2.24, 2.45) is 0 Å². The third-order valence-corrected chi connectivity index (χ3v) is 15.8. The molecule has 4 N–H and O–H groups in total. The molecule has 6 aromatic heterocycles. The Morgan fingerprint density at radius 1 is 0.551 bits per heavy atom. The highest BCUT2D eigenvalue weighted by Crippen LogP contribution is 2.37. The quantitative estimate of drug-likeness (QED) is 0.110. The molecule has 0 aliphatic rings. The molecule has 0 amide bonds. The van der Waals surface area contributed by atoms with E-state index in [4.69, 9.17) is 5.73 Å². The van der Waals surface area contributed by atoms with Crippen molar-refractivity contribution >= 4 is 102 Å². The number of hydrogen-bond acceptors (Lipinski definition) is 13. The van der Waals surface area contributed by atoms with Crippen molar-refractivity contribution in [3.63, 3.8) is 0 Å². The van der Waals surface area contributed by atoms with Gasteiger partial charge < -0.3 is 5.73 Å². The smallest absolute Gasteiger partial charge is 0.384 e. The summed E-state index contributed by atoms with van der Waals surface area (Å²) < 4.78 is 226. The molecule has 10 aromatic rings. The second-order valence-electron chi connectivity index (χ2n) is 16.6. The lowest BCUT2D eigenvalue weighted by Crippen LogP contribution is -2.30. The Morgan fingerprint density at radius 3 is 1.38 bits per heavy atom. The molecule has 0 radical (unpaired) electrons. The Hall–Kier alpha value is -8.16. The molecule has 404 valence electrons. The predicted octanol–water partition coefficient (Wildman–Crippen LogP) is 10.8. The van der Waals surface area contributed by atoms with E-state index in [-0.39, 0.29) is 52.6 Å². The maximum atomic E-state index is 15.6. The number of alkyl halides is 6. The van der Waals surface area contributed by atoms with Crippen LogP contribution >= 0.6 is 22.7 Å². The number of nitrogens with one attached hydrogen (secondary N) is 2. The van der Waals surface area contributed by atoms with E-state index in [9.17, 15) is 70.3 Å². The standard InChI is InChI=1S/C24H14F6N4O3S2.C23H13F6N5O3S2/c1-11-6-17-12(8-31-11)7-13(23(35)34(17)9-24(28,29)30)19-14(25)2-3-15(20(19)26)33-39(36,37)18-5-4-16-22(21(18)27)38-10-32-16;24-12-1-2-13(33-39(36,37)16-4-3-14-21(20(16)26)38-9-32-14)19(25)18(12)11-5-10-7-31-17(30)6-15(10)34(22(11)35)8-23(27,28)29/h2-8,10,33H,9H2,1H3;1-7,9,33H,8H2,(H2,30,31). The average Bonchev–Trinajstić information content (AvgIpc) is 4.15. The van der Waals surface area contributed by atoms with Gasteiger partial charge >= 0.3 is 12.4 Å². The number of anilines is 3. The second kappa shape index (κ2) is 20.0. The van der Waals surface area contributed by atoms with Gasteiger partial charge in [-0.25, -0.2) is 58.1 Å². The summed E-state index contributed by atoms with van der Waals surface area (Å²) in [5.74, 6) is -8.42. The first kappa shape index (κ1) is 54.6. The number of benzene rings is 4.